The van der Waals surface area contributed by atoms with E-state index in [1.807, 2.05) is 50.2 Å². The molecule has 1 aromatic heterocycles. The Bertz CT molecular complexity index is 1220. The van der Waals surface area contributed by atoms with Crippen LogP contribution in [0.3, 0.4) is 0 Å². The van der Waals surface area contributed by atoms with Gasteiger partial charge in [0.15, 0.2) is 5.69 Å². The van der Waals surface area contributed by atoms with Gasteiger partial charge in [0.05, 0.1) is 6.54 Å². The van der Waals surface area contributed by atoms with E-state index in [4.69, 9.17) is 9.84 Å². The van der Waals surface area contributed by atoms with E-state index >= 15 is 0 Å². The van der Waals surface area contributed by atoms with Crippen molar-refractivity contribution in [3.05, 3.63) is 75.2 Å². The van der Waals surface area contributed by atoms with E-state index in [1.54, 1.807) is 6.92 Å². The Morgan fingerprint density at radius 3 is 2.20 bits per heavy atom. The number of hydrogen-bond acceptors (Lipinski definition) is 6. The summed E-state index contributed by atoms with van der Waals surface area (Å²) < 4.78 is 5.57. The van der Waals surface area contributed by atoms with Crippen molar-refractivity contribution in [2.24, 2.45) is 5.92 Å². The first-order chi connectivity index (χ1) is 16.8. The first-order valence-electron chi connectivity index (χ1n) is 11.3. The predicted molar refractivity (Wildman–Crippen MR) is 132 cm³/mol. The van der Waals surface area contributed by atoms with E-state index < -0.39 is 24.0 Å². The van der Waals surface area contributed by atoms with Crippen LogP contribution >= 0.6 is 11.3 Å². The topological polar surface area (TPSA) is 118 Å². The second-order valence-electron chi connectivity index (χ2n) is 8.73. The third kappa shape index (κ3) is 5.19. The summed E-state index contributed by atoms with van der Waals surface area (Å²) in [6, 6.07) is 15.3. The molecule has 0 unspecified atom stereocenters. The van der Waals surface area contributed by atoms with Crippen LogP contribution in [-0.4, -0.2) is 40.7 Å². The highest BCUT2D eigenvalue weighted by atomic mass is 32.1. The van der Waals surface area contributed by atoms with Gasteiger partial charge in [-0.15, -0.1) is 11.3 Å². The molecule has 2 amide bonds. The minimum Gasteiger partial charge on any atom is -0.476 e. The summed E-state index contributed by atoms with van der Waals surface area (Å²) in [5, 5.41) is 15.0. The molecule has 0 radical (unpaired) electrons. The minimum atomic E-state index is -1.10. The molecule has 3 N–H and O–H groups in total. The Kier molecular flexibility index (Phi) is 7.16. The smallest absolute Gasteiger partial charge is 0.407 e. The Morgan fingerprint density at radius 2 is 1.66 bits per heavy atom. The lowest BCUT2D eigenvalue weighted by Crippen LogP contribution is -2.49. The van der Waals surface area contributed by atoms with Crippen LogP contribution < -0.4 is 10.6 Å². The molecular formula is C26H27N3O5S. The van der Waals surface area contributed by atoms with Crippen LogP contribution in [0, 0.1) is 12.8 Å². The molecule has 0 saturated heterocycles. The number of rotatable bonds is 8. The van der Waals surface area contributed by atoms with Crippen LogP contribution in [0.4, 0.5) is 4.79 Å². The number of fused-ring (bicyclic) bond motifs is 3. The van der Waals surface area contributed by atoms with Crippen molar-refractivity contribution in [2.75, 3.05) is 6.61 Å². The van der Waals surface area contributed by atoms with Crippen LogP contribution in [0.25, 0.3) is 11.1 Å². The maximum Gasteiger partial charge on any atom is 0.407 e. The number of benzene rings is 2. The number of carboxylic acids is 1. The number of carbonyl (C=O) groups excluding carboxylic acids is 2. The van der Waals surface area contributed by atoms with E-state index in [1.165, 1.54) is 11.3 Å². The molecule has 0 saturated carbocycles. The van der Waals surface area contributed by atoms with Gasteiger partial charge < -0.3 is 20.5 Å². The summed E-state index contributed by atoms with van der Waals surface area (Å²) in [5.41, 5.74) is 4.48. The van der Waals surface area contributed by atoms with Crippen molar-refractivity contribution in [2.45, 2.75) is 39.3 Å². The lowest BCUT2D eigenvalue weighted by atomic mass is 9.98. The zero-order valence-electron chi connectivity index (χ0n) is 19.7. The van der Waals surface area contributed by atoms with Crippen molar-refractivity contribution in [1.82, 2.24) is 15.6 Å². The quantitative estimate of drug-likeness (QED) is 0.430. The first-order valence-corrected chi connectivity index (χ1v) is 12.2. The number of carboxylic acid groups (broad SMARTS) is 1. The van der Waals surface area contributed by atoms with Gasteiger partial charge in [-0.05, 0) is 35.1 Å². The highest BCUT2D eigenvalue weighted by Crippen LogP contribution is 2.44. The first kappa shape index (κ1) is 24.4. The van der Waals surface area contributed by atoms with Crippen molar-refractivity contribution in [3.8, 4) is 11.1 Å². The molecule has 182 valence electrons. The Labute approximate surface area is 207 Å². The van der Waals surface area contributed by atoms with Crippen molar-refractivity contribution >= 4 is 29.3 Å². The van der Waals surface area contributed by atoms with Crippen LogP contribution in [-0.2, 0) is 16.1 Å². The molecule has 0 bridgehead atoms. The number of nitrogens with zero attached hydrogens (tertiary/aromatic N) is 1. The molecule has 0 spiro atoms. The number of amides is 2. The SMILES string of the molecule is Cc1sc(CNC(=O)[C@@H](NC(=O)OCC2c3ccccc3-c3ccccc32)C(C)C)nc1C(=O)O. The van der Waals surface area contributed by atoms with Crippen LogP contribution in [0.2, 0.25) is 0 Å². The maximum absolute atomic E-state index is 12.8. The highest BCUT2D eigenvalue weighted by Gasteiger charge is 2.30. The van der Waals surface area contributed by atoms with Gasteiger partial charge in [-0.3, -0.25) is 4.79 Å². The van der Waals surface area contributed by atoms with Crippen molar-refractivity contribution in [1.29, 1.82) is 0 Å². The highest BCUT2D eigenvalue weighted by molar-refractivity contribution is 7.11. The Hall–Kier alpha value is -3.72. The van der Waals surface area contributed by atoms with E-state index in [0.29, 0.717) is 9.88 Å². The number of carbonyl (C=O) groups is 3. The lowest BCUT2D eigenvalue weighted by molar-refractivity contribution is -0.124. The number of aryl methyl sites for hydroxylation is 1. The molecule has 0 aliphatic heterocycles. The molecule has 1 aliphatic rings. The summed E-state index contributed by atoms with van der Waals surface area (Å²) in [6.07, 6.45) is -0.668. The number of alkyl carbamates (subject to hydrolysis) is 1. The fourth-order valence-electron chi connectivity index (χ4n) is 4.30. The zero-order chi connectivity index (χ0) is 25.1. The molecule has 35 heavy (non-hydrogen) atoms. The van der Waals surface area contributed by atoms with Gasteiger partial charge in [-0.2, -0.15) is 0 Å². The fourth-order valence-corrected chi connectivity index (χ4v) is 5.16. The van der Waals surface area contributed by atoms with Gasteiger partial charge in [0.2, 0.25) is 5.91 Å². The number of ether oxygens (including phenoxy) is 1. The van der Waals surface area contributed by atoms with E-state index in [-0.39, 0.29) is 30.7 Å². The standard InChI is InChI=1S/C26H27N3O5S/c1-14(2)22(24(30)27-12-21-28-23(25(31)32)15(3)35-21)29-26(33)34-13-20-18-10-6-4-8-16(18)17-9-5-7-11-19(17)20/h4-11,14,20,22H,12-13H2,1-3H3,(H,27,30)(H,29,33)(H,31,32)/t22-/m0/s1. The third-order valence-corrected chi connectivity index (χ3v) is 6.99. The molecule has 9 heteroatoms. The van der Waals surface area contributed by atoms with Gasteiger partial charge >= 0.3 is 12.1 Å². The van der Waals surface area contributed by atoms with Gasteiger partial charge in [0.25, 0.3) is 0 Å². The molecule has 0 fully saturated rings. The van der Waals surface area contributed by atoms with Gasteiger partial charge in [0, 0.05) is 10.8 Å². The van der Waals surface area contributed by atoms with Crippen molar-refractivity contribution in [3.63, 3.8) is 0 Å². The second-order valence-corrected chi connectivity index (χ2v) is 10.0. The minimum absolute atomic E-state index is 0.0172. The summed E-state index contributed by atoms with van der Waals surface area (Å²) in [6.45, 7) is 5.55. The maximum atomic E-state index is 12.8. The number of aromatic nitrogens is 1. The number of nitrogens with one attached hydrogen (secondary N) is 2. The summed E-state index contributed by atoms with van der Waals surface area (Å²) in [5.74, 6) is -1.76. The monoisotopic (exact) mass is 493 g/mol. The average Bonchev–Trinajstić information content (AvgIpc) is 3.37. The van der Waals surface area contributed by atoms with E-state index in [9.17, 15) is 14.4 Å². The Morgan fingerprint density at radius 1 is 1.06 bits per heavy atom. The second kappa shape index (κ2) is 10.3. The molecule has 8 nitrogen and oxygen atoms in total. The van der Waals surface area contributed by atoms with Crippen LogP contribution in [0.5, 0.6) is 0 Å². The van der Waals surface area contributed by atoms with Crippen molar-refractivity contribution < 1.29 is 24.2 Å². The molecular weight excluding hydrogens is 466 g/mol. The van der Waals surface area contributed by atoms with Crippen LogP contribution in [0.1, 0.15) is 51.3 Å². The number of hydrogen-bond donors (Lipinski definition) is 3. The summed E-state index contributed by atoms with van der Waals surface area (Å²) in [7, 11) is 0. The van der Waals surface area contributed by atoms with E-state index in [2.05, 4.69) is 27.8 Å². The number of thiazole rings is 1. The largest absolute Gasteiger partial charge is 0.476 e. The summed E-state index contributed by atoms with van der Waals surface area (Å²) >= 11 is 1.21. The molecule has 1 aliphatic carbocycles. The lowest BCUT2D eigenvalue weighted by Gasteiger charge is -2.22. The molecule has 3 aromatic rings. The molecule has 4 rings (SSSR count). The molecule has 2 aromatic carbocycles. The number of aromatic carboxylic acids is 1. The average molecular weight is 494 g/mol. The normalized spacial score (nSPS) is 13.1. The van der Waals surface area contributed by atoms with Gasteiger partial charge in [0.1, 0.15) is 17.7 Å². The fraction of sp³-hybridized carbons (Fsp3) is 0.308. The van der Waals surface area contributed by atoms with Crippen LogP contribution in [0.15, 0.2) is 48.5 Å². The Balaban J connectivity index is 1.37. The third-order valence-electron chi connectivity index (χ3n) is 6.02. The predicted octanol–water partition coefficient (Wildman–Crippen LogP) is 4.33. The van der Waals surface area contributed by atoms with Gasteiger partial charge in [-0.25, -0.2) is 14.6 Å². The molecule has 1 atom stereocenters. The van der Waals surface area contributed by atoms with E-state index in [0.717, 1.165) is 22.3 Å². The zero-order valence-corrected chi connectivity index (χ0v) is 20.5. The van der Waals surface area contributed by atoms with Gasteiger partial charge in [-0.1, -0.05) is 62.4 Å². The molecule has 1 heterocycles. The summed E-state index contributed by atoms with van der Waals surface area (Å²) in [4.78, 5) is 41.2.